The van der Waals surface area contributed by atoms with Crippen LogP contribution in [-0.2, 0) is 0 Å². The van der Waals surface area contributed by atoms with E-state index in [1.54, 1.807) is 13.0 Å². The van der Waals surface area contributed by atoms with Crippen LogP contribution in [-0.4, -0.2) is 11.1 Å². The molecule has 0 saturated carbocycles. The maximum atomic E-state index is 11.9. The first-order valence-electron chi connectivity index (χ1n) is 2.14. The third kappa shape index (κ3) is 0.959. The van der Waals surface area contributed by atoms with Crippen molar-refractivity contribution in [3.63, 3.8) is 0 Å². The molecule has 0 saturated heterocycles. The Labute approximate surface area is 46.4 Å². The van der Waals surface area contributed by atoms with Gasteiger partial charge in [0.1, 0.15) is 0 Å². The molecule has 1 N–H and O–H groups in total. The summed E-state index contributed by atoms with van der Waals surface area (Å²) in [6.45, 7) is 1.68. The van der Waals surface area contributed by atoms with Crippen molar-refractivity contribution >= 4 is 5.71 Å². The summed E-state index contributed by atoms with van der Waals surface area (Å²) < 4.78 is 11.9. The molecule has 0 amide bonds. The summed E-state index contributed by atoms with van der Waals surface area (Å²) in [6, 6.07) is 0. The molecule has 4 heteroatoms. The quantitative estimate of drug-likeness (QED) is 0.461. The van der Waals surface area contributed by atoms with Crippen molar-refractivity contribution in [3.8, 4) is 0 Å². The van der Waals surface area contributed by atoms with E-state index in [0.717, 1.165) is 0 Å². The molecule has 1 aliphatic rings. The average molecular weight is 114 g/mol. The van der Waals surface area contributed by atoms with Gasteiger partial charge in [0.05, 0.1) is 11.9 Å². The molecule has 1 heterocycles. The van der Waals surface area contributed by atoms with Crippen molar-refractivity contribution in [1.29, 1.82) is 0 Å². The number of hydrazone groups is 1. The molecular weight excluding hydrogens is 109 g/mol. The van der Waals surface area contributed by atoms with Crippen molar-refractivity contribution in [2.45, 2.75) is 6.92 Å². The lowest BCUT2D eigenvalue weighted by Crippen LogP contribution is -2.25. The van der Waals surface area contributed by atoms with Crippen LogP contribution < -0.4 is 5.43 Å². The van der Waals surface area contributed by atoms with Gasteiger partial charge in [0, 0.05) is 0 Å². The van der Waals surface area contributed by atoms with Gasteiger partial charge in [-0.05, 0) is 18.3 Å². The Hall–Kier alpha value is -1.06. The highest BCUT2D eigenvalue weighted by molar-refractivity contribution is 5.92. The summed E-state index contributed by atoms with van der Waals surface area (Å²) in [5, 5.41) is 3.44. The van der Waals surface area contributed by atoms with Gasteiger partial charge in [0.25, 0.3) is 0 Å². The van der Waals surface area contributed by atoms with Gasteiger partial charge in [-0.1, -0.05) is 4.48 Å². The van der Waals surface area contributed by atoms with Gasteiger partial charge in [0.15, 0.2) is 0 Å². The molecule has 3 nitrogen and oxygen atoms in total. The molecular formula is C4H5FN3. The van der Waals surface area contributed by atoms with Gasteiger partial charge < -0.3 is 0 Å². The Morgan fingerprint density at radius 2 is 2.75 bits per heavy atom. The first-order valence-corrected chi connectivity index (χ1v) is 2.14. The second-order valence-electron chi connectivity index (χ2n) is 1.40. The lowest BCUT2D eigenvalue weighted by molar-refractivity contribution is -0.0170. The van der Waals surface area contributed by atoms with Crippen LogP contribution in [0.25, 0.3) is 0 Å². The standard InChI is InChI=1S/C4H5FN3/c1-4-2-3-6-8(5)7-4/h2,6H,1H3. The van der Waals surface area contributed by atoms with E-state index in [2.05, 4.69) is 16.7 Å². The highest BCUT2D eigenvalue weighted by Gasteiger charge is 1.97. The molecule has 0 spiro atoms. The van der Waals surface area contributed by atoms with E-state index in [0.29, 0.717) is 5.71 Å². The summed E-state index contributed by atoms with van der Waals surface area (Å²) in [4.78, 5) is 0. The molecule has 0 unspecified atom stereocenters. The maximum absolute atomic E-state index is 11.9. The van der Waals surface area contributed by atoms with Gasteiger partial charge in [0.2, 0.25) is 0 Å². The first-order chi connectivity index (χ1) is 3.79. The van der Waals surface area contributed by atoms with Gasteiger partial charge in [-0.15, -0.1) is 5.10 Å². The lowest BCUT2D eigenvalue weighted by atomic mass is 10.4. The van der Waals surface area contributed by atoms with Crippen LogP contribution in [0.1, 0.15) is 6.92 Å². The molecule has 0 aromatic rings. The molecule has 1 rings (SSSR count). The Morgan fingerprint density at radius 1 is 2.00 bits per heavy atom. The van der Waals surface area contributed by atoms with Crippen LogP contribution >= 0.6 is 0 Å². The van der Waals surface area contributed by atoms with Crippen molar-refractivity contribution in [1.82, 2.24) is 10.8 Å². The minimum Gasteiger partial charge on any atom is -0.251 e. The number of hydrogen-bond donors (Lipinski definition) is 1. The summed E-state index contributed by atoms with van der Waals surface area (Å²) in [5.41, 5.74) is 2.68. The van der Waals surface area contributed by atoms with Crippen molar-refractivity contribution in [3.05, 3.63) is 12.3 Å². The molecule has 8 heavy (non-hydrogen) atoms. The van der Waals surface area contributed by atoms with E-state index >= 15 is 0 Å². The number of halogens is 1. The Morgan fingerprint density at radius 3 is 3.12 bits per heavy atom. The fraction of sp³-hybridized carbons (Fsp3) is 0.250. The summed E-state index contributed by atoms with van der Waals surface area (Å²) in [5.74, 6) is 0. The minimum atomic E-state index is 0.106. The van der Waals surface area contributed by atoms with Crippen LogP contribution in [0.5, 0.6) is 0 Å². The zero-order valence-electron chi connectivity index (χ0n) is 4.35. The van der Waals surface area contributed by atoms with Crippen LogP contribution in [0.4, 0.5) is 4.48 Å². The van der Waals surface area contributed by atoms with Crippen LogP contribution in [0, 0.1) is 6.20 Å². The van der Waals surface area contributed by atoms with Gasteiger partial charge in [-0.2, -0.15) is 0 Å². The molecule has 0 aromatic carbocycles. The van der Waals surface area contributed by atoms with Crippen molar-refractivity contribution in [2.75, 3.05) is 0 Å². The van der Waals surface area contributed by atoms with Crippen molar-refractivity contribution in [2.24, 2.45) is 5.10 Å². The van der Waals surface area contributed by atoms with Gasteiger partial charge >= 0.3 is 0 Å². The van der Waals surface area contributed by atoms with Crippen LogP contribution in [0.3, 0.4) is 0 Å². The normalized spacial score (nSPS) is 17.8. The number of hydrazine groups is 1. The predicted octanol–water partition coefficient (Wildman–Crippen LogP) is 0.384. The molecule has 0 aliphatic carbocycles. The fourth-order valence-electron chi connectivity index (χ4n) is 0.382. The summed E-state index contributed by atoms with van der Waals surface area (Å²) in [7, 11) is 0. The minimum absolute atomic E-state index is 0.106. The molecule has 0 bridgehead atoms. The zero-order chi connectivity index (χ0) is 5.98. The van der Waals surface area contributed by atoms with Gasteiger partial charge in [-0.25, -0.2) is 0 Å². The van der Waals surface area contributed by atoms with E-state index in [-0.39, 0.29) is 5.34 Å². The largest absolute Gasteiger partial charge is 0.251 e. The van der Waals surface area contributed by atoms with E-state index < -0.39 is 0 Å². The average Bonchev–Trinajstić information content (AvgIpc) is 1.64. The highest BCUT2D eigenvalue weighted by Crippen LogP contribution is 1.91. The monoisotopic (exact) mass is 114 g/mol. The molecule has 1 aliphatic heterocycles. The van der Waals surface area contributed by atoms with Crippen LogP contribution in [0.15, 0.2) is 11.2 Å². The van der Waals surface area contributed by atoms with E-state index in [1.807, 2.05) is 0 Å². The lowest BCUT2D eigenvalue weighted by Gasteiger charge is -2.08. The second-order valence-corrected chi connectivity index (χ2v) is 1.40. The molecule has 43 valence electrons. The topological polar surface area (TPSA) is 27.6 Å². The third-order valence-corrected chi connectivity index (χ3v) is 0.683. The van der Waals surface area contributed by atoms with Gasteiger partial charge in [-0.3, -0.25) is 5.43 Å². The molecule has 1 radical (unpaired) electrons. The Kier molecular flexibility index (Phi) is 1.15. The maximum Gasteiger partial charge on any atom is 0.0855 e. The molecule has 0 atom stereocenters. The van der Waals surface area contributed by atoms with E-state index in [4.69, 9.17) is 0 Å². The van der Waals surface area contributed by atoms with Crippen molar-refractivity contribution < 1.29 is 4.48 Å². The Balaban J connectivity index is 2.63. The summed E-state index contributed by atoms with van der Waals surface area (Å²) in [6.07, 6.45) is 3.98. The van der Waals surface area contributed by atoms with E-state index in [9.17, 15) is 4.48 Å². The fourth-order valence-corrected chi connectivity index (χ4v) is 0.382. The molecule has 0 fully saturated rings. The smallest absolute Gasteiger partial charge is 0.0855 e. The number of rotatable bonds is 0. The third-order valence-electron chi connectivity index (χ3n) is 0.683. The number of allylic oxidation sites excluding steroid dienone is 1. The highest BCUT2D eigenvalue weighted by atomic mass is 19.2. The SMILES string of the molecule is CC1=NN(F)N[C]=C1. The predicted molar refractivity (Wildman–Crippen MR) is 27.0 cm³/mol. The van der Waals surface area contributed by atoms with Crippen LogP contribution in [0.2, 0.25) is 0 Å². The number of nitrogens with zero attached hydrogens (tertiary/aromatic N) is 2. The Bertz CT molecular complexity index is 140. The second kappa shape index (κ2) is 1.81. The molecule has 0 aromatic heterocycles. The summed E-state index contributed by atoms with van der Waals surface area (Å²) >= 11 is 0. The number of nitrogens with one attached hydrogen (secondary N) is 1. The zero-order valence-corrected chi connectivity index (χ0v) is 4.35. The van der Waals surface area contributed by atoms with E-state index in [1.165, 1.54) is 0 Å². The first kappa shape index (κ1) is 5.08. The number of hydrogen-bond acceptors (Lipinski definition) is 3.